The van der Waals surface area contributed by atoms with E-state index in [9.17, 15) is 34.5 Å². The number of carboxylic acid groups (broad SMARTS) is 1. The van der Waals surface area contributed by atoms with Crippen LogP contribution < -0.4 is 33.2 Å². The molecule has 1 aromatic carbocycles. The Balaban J connectivity index is 3.15. The summed E-state index contributed by atoms with van der Waals surface area (Å²) in [5.74, 6) is -3.12. The summed E-state index contributed by atoms with van der Waals surface area (Å²) in [7, 11) is 0. The Morgan fingerprint density at radius 3 is 2.08 bits per heavy atom. The smallest absolute Gasteiger partial charge is 0.326 e. The fraction of sp³-hybridized carbons (Fsp3) is 0.522. The van der Waals surface area contributed by atoms with E-state index >= 15 is 0 Å². The van der Waals surface area contributed by atoms with Gasteiger partial charge in [0.2, 0.25) is 17.7 Å². The number of rotatable bonds is 17. The van der Waals surface area contributed by atoms with Crippen LogP contribution in [0.2, 0.25) is 0 Å². The first-order valence-corrected chi connectivity index (χ1v) is 13.2. The summed E-state index contributed by atoms with van der Waals surface area (Å²) in [6.07, 6.45) is 2.31. The number of carbonyl (C=O) groups excluding carboxylic acids is 3. The molecule has 0 fully saturated rings. The molecular weight excluding hydrogens is 518 g/mol. The predicted molar refractivity (Wildman–Crippen MR) is 143 cm³/mol. The number of thioether (sulfide) groups is 1. The molecule has 0 aliphatic rings. The lowest BCUT2D eigenvalue weighted by molar-refractivity contribution is -0.142. The second kappa shape index (κ2) is 17.0. The van der Waals surface area contributed by atoms with E-state index < -0.39 is 54.5 Å². The van der Waals surface area contributed by atoms with Gasteiger partial charge in [0.05, 0.1) is 6.61 Å². The van der Waals surface area contributed by atoms with Gasteiger partial charge in [-0.15, -0.1) is 0 Å². The molecule has 12 N–H and O–H groups in total. The number of guanidine groups is 1. The number of phenolic OH excluding ortho intramolecular Hbond substituents is 1. The van der Waals surface area contributed by atoms with Crippen LogP contribution in [0.4, 0.5) is 0 Å². The Bertz CT molecular complexity index is 958. The van der Waals surface area contributed by atoms with Crippen molar-refractivity contribution in [3.8, 4) is 5.75 Å². The number of carboxylic acids is 1. The maximum Gasteiger partial charge on any atom is 0.326 e. The van der Waals surface area contributed by atoms with E-state index in [0.717, 1.165) is 0 Å². The zero-order valence-electron chi connectivity index (χ0n) is 21.1. The van der Waals surface area contributed by atoms with Crippen LogP contribution in [-0.4, -0.2) is 94.3 Å². The van der Waals surface area contributed by atoms with Crippen molar-refractivity contribution in [1.29, 1.82) is 0 Å². The molecule has 1 rings (SSSR count). The van der Waals surface area contributed by atoms with Crippen LogP contribution in [0, 0.1) is 0 Å². The lowest BCUT2D eigenvalue weighted by atomic mass is 10.0. The van der Waals surface area contributed by atoms with Crippen molar-refractivity contribution < 1.29 is 34.5 Å². The topological polar surface area (TPSA) is 255 Å². The van der Waals surface area contributed by atoms with Crippen molar-refractivity contribution in [2.45, 2.75) is 49.9 Å². The summed E-state index contributed by atoms with van der Waals surface area (Å²) < 4.78 is 0. The van der Waals surface area contributed by atoms with E-state index in [1.165, 1.54) is 23.9 Å². The molecule has 4 unspecified atom stereocenters. The largest absolute Gasteiger partial charge is 0.508 e. The number of aliphatic hydroxyl groups is 1. The highest BCUT2D eigenvalue weighted by molar-refractivity contribution is 7.98. The van der Waals surface area contributed by atoms with E-state index in [-0.39, 0.29) is 43.9 Å². The Morgan fingerprint density at radius 2 is 1.53 bits per heavy atom. The zero-order chi connectivity index (χ0) is 28.7. The number of hydrogen-bond acceptors (Lipinski definition) is 9. The highest BCUT2D eigenvalue weighted by atomic mass is 32.2. The lowest BCUT2D eigenvalue weighted by Crippen LogP contribution is -2.58. The summed E-state index contributed by atoms with van der Waals surface area (Å²) in [6.45, 7) is -0.478. The molecule has 1 aromatic rings. The van der Waals surface area contributed by atoms with Gasteiger partial charge in [0.15, 0.2) is 5.96 Å². The molecule has 0 heterocycles. The highest BCUT2D eigenvalue weighted by Gasteiger charge is 2.30. The van der Waals surface area contributed by atoms with Crippen LogP contribution in [0.25, 0.3) is 0 Å². The van der Waals surface area contributed by atoms with Crippen LogP contribution in [0.1, 0.15) is 24.8 Å². The molecule has 212 valence electrons. The van der Waals surface area contributed by atoms with E-state index in [0.29, 0.717) is 11.3 Å². The average molecular weight is 556 g/mol. The maximum absolute atomic E-state index is 13.2. The minimum absolute atomic E-state index is 0.00516. The quantitative estimate of drug-likeness (QED) is 0.0556. The number of phenols is 1. The normalized spacial score (nSPS) is 13.9. The van der Waals surface area contributed by atoms with Gasteiger partial charge in [-0.25, -0.2) is 4.79 Å². The third-order valence-corrected chi connectivity index (χ3v) is 5.99. The van der Waals surface area contributed by atoms with Gasteiger partial charge in [-0.05, 0) is 49.0 Å². The molecule has 0 spiro atoms. The van der Waals surface area contributed by atoms with Gasteiger partial charge in [-0.3, -0.25) is 19.4 Å². The van der Waals surface area contributed by atoms with Gasteiger partial charge in [0, 0.05) is 13.0 Å². The molecular formula is C23H37N7O7S. The van der Waals surface area contributed by atoms with Crippen molar-refractivity contribution in [3.63, 3.8) is 0 Å². The van der Waals surface area contributed by atoms with E-state index in [4.69, 9.17) is 17.2 Å². The first-order chi connectivity index (χ1) is 18.0. The molecule has 15 heteroatoms. The number of aliphatic hydroxyl groups excluding tert-OH is 1. The number of aromatic hydroxyl groups is 1. The number of aliphatic imine (C=N–C) groups is 1. The molecule has 38 heavy (non-hydrogen) atoms. The molecule has 0 aromatic heterocycles. The van der Waals surface area contributed by atoms with Gasteiger partial charge < -0.3 is 48.5 Å². The highest BCUT2D eigenvalue weighted by Crippen LogP contribution is 2.12. The van der Waals surface area contributed by atoms with Gasteiger partial charge in [-0.1, -0.05) is 12.1 Å². The van der Waals surface area contributed by atoms with Crippen LogP contribution >= 0.6 is 11.8 Å². The Hall–Kier alpha value is -3.56. The average Bonchev–Trinajstić information content (AvgIpc) is 2.87. The number of nitrogens with one attached hydrogen (secondary N) is 3. The van der Waals surface area contributed by atoms with Crippen LogP contribution in [-0.2, 0) is 25.6 Å². The first-order valence-electron chi connectivity index (χ1n) is 11.8. The van der Waals surface area contributed by atoms with E-state index in [1.54, 1.807) is 18.4 Å². The minimum atomic E-state index is -1.27. The number of carbonyl (C=O) groups is 4. The number of nitrogens with two attached hydrogens (primary N) is 3. The number of amides is 3. The molecule has 14 nitrogen and oxygen atoms in total. The monoisotopic (exact) mass is 555 g/mol. The SMILES string of the molecule is CSCCC(NC(=O)C(Cc1ccc(O)cc1)NC(=O)C(CCCN=C(N)N)NC(=O)C(N)CO)C(=O)O. The van der Waals surface area contributed by atoms with Crippen molar-refractivity contribution in [3.05, 3.63) is 29.8 Å². The molecule has 0 saturated carbocycles. The maximum atomic E-state index is 13.2. The number of hydrogen-bond donors (Lipinski definition) is 9. The summed E-state index contributed by atoms with van der Waals surface area (Å²) in [6, 6.07) is 1.11. The van der Waals surface area contributed by atoms with E-state index in [2.05, 4.69) is 20.9 Å². The Labute approximate surface area is 224 Å². The first kappa shape index (κ1) is 32.5. The Morgan fingerprint density at radius 1 is 0.947 bits per heavy atom. The summed E-state index contributed by atoms with van der Waals surface area (Å²) in [4.78, 5) is 54.1. The second-order valence-electron chi connectivity index (χ2n) is 8.41. The molecule has 3 amide bonds. The van der Waals surface area contributed by atoms with Crippen LogP contribution in [0.5, 0.6) is 5.75 Å². The third-order valence-electron chi connectivity index (χ3n) is 5.35. The van der Waals surface area contributed by atoms with Gasteiger partial charge in [-0.2, -0.15) is 11.8 Å². The summed E-state index contributed by atoms with van der Waals surface area (Å²) >= 11 is 1.42. The van der Waals surface area contributed by atoms with Gasteiger partial charge in [0.25, 0.3) is 0 Å². The number of nitrogens with zero attached hydrogens (tertiary/aromatic N) is 1. The molecule has 0 aliphatic carbocycles. The van der Waals surface area contributed by atoms with E-state index in [1.807, 2.05) is 0 Å². The molecule has 0 aliphatic heterocycles. The molecule has 0 saturated heterocycles. The number of aliphatic carboxylic acids is 1. The Kier molecular flexibility index (Phi) is 14.6. The summed E-state index contributed by atoms with van der Waals surface area (Å²) in [5, 5.41) is 35.7. The van der Waals surface area contributed by atoms with Gasteiger partial charge >= 0.3 is 5.97 Å². The van der Waals surface area contributed by atoms with Gasteiger partial charge in [0.1, 0.15) is 29.9 Å². The number of benzene rings is 1. The molecule has 4 atom stereocenters. The fourth-order valence-electron chi connectivity index (χ4n) is 3.25. The fourth-order valence-corrected chi connectivity index (χ4v) is 3.72. The van der Waals surface area contributed by atoms with Crippen molar-refractivity contribution in [2.24, 2.45) is 22.2 Å². The van der Waals surface area contributed by atoms with Crippen molar-refractivity contribution in [1.82, 2.24) is 16.0 Å². The molecule has 0 radical (unpaired) electrons. The summed E-state index contributed by atoms with van der Waals surface area (Å²) in [5.41, 5.74) is 16.8. The zero-order valence-corrected chi connectivity index (χ0v) is 21.9. The minimum Gasteiger partial charge on any atom is -0.508 e. The second-order valence-corrected chi connectivity index (χ2v) is 9.40. The standard InChI is InChI=1S/C23H37N7O7S/c1-38-10-8-17(22(36)37)29-21(35)18(11-13-4-6-14(32)7-5-13)30-20(34)16(3-2-9-27-23(25)26)28-19(33)15(24)12-31/h4-7,15-18,31-32H,2-3,8-12,24H2,1H3,(H,28,33)(H,29,35)(H,30,34)(H,36,37)(H4,25,26,27). The van der Waals surface area contributed by atoms with Crippen molar-refractivity contribution in [2.75, 3.05) is 25.2 Å². The predicted octanol–water partition coefficient (Wildman–Crippen LogP) is -2.40. The molecule has 0 bridgehead atoms. The lowest BCUT2D eigenvalue weighted by Gasteiger charge is -2.25. The third kappa shape index (κ3) is 12.1. The van der Waals surface area contributed by atoms with Crippen molar-refractivity contribution >= 4 is 41.4 Å². The van der Waals surface area contributed by atoms with Crippen LogP contribution in [0.15, 0.2) is 29.3 Å². The van der Waals surface area contributed by atoms with Crippen LogP contribution in [0.3, 0.4) is 0 Å².